The van der Waals surface area contributed by atoms with Gasteiger partial charge in [0.2, 0.25) is 5.91 Å². The van der Waals surface area contributed by atoms with Gasteiger partial charge in [-0.2, -0.15) is 0 Å². The van der Waals surface area contributed by atoms with Crippen LogP contribution in [0.15, 0.2) is 30.3 Å². The first-order valence-corrected chi connectivity index (χ1v) is 10.4. The van der Waals surface area contributed by atoms with Gasteiger partial charge >= 0.3 is 5.97 Å². The zero-order valence-corrected chi connectivity index (χ0v) is 19.3. The number of carbonyl (C=O) groups is 3. The van der Waals surface area contributed by atoms with Gasteiger partial charge in [0, 0.05) is 30.9 Å². The average molecular weight is 432 g/mol. The minimum Gasteiger partial charge on any atom is -0.448 e. The van der Waals surface area contributed by atoms with Crippen LogP contribution < -0.4 is 15.5 Å². The van der Waals surface area contributed by atoms with Crippen molar-refractivity contribution in [2.24, 2.45) is 5.41 Å². The Morgan fingerprint density at radius 2 is 1.67 bits per heavy atom. The number of hydrogen-bond donors (Lipinski definition) is 2. The van der Waals surface area contributed by atoms with Gasteiger partial charge in [-0.3, -0.25) is 9.59 Å². The Morgan fingerprint density at radius 1 is 1.07 bits per heavy atom. The van der Waals surface area contributed by atoms with E-state index < -0.39 is 23.4 Å². The minimum atomic E-state index is -0.972. The molecule has 0 radical (unpaired) electrons. The topological polar surface area (TPSA) is 87.7 Å². The van der Waals surface area contributed by atoms with Gasteiger partial charge in [-0.25, -0.2) is 4.79 Å². The van der Waals surface area contributed by atoms with Gasteiger partial charge in [0.25, 0.3) is 5.91 Å². The molecule has 0 saturated carbocycles. The number of hydrogen-bond acceptors (Lipinski definition) is 6. The summed E-state index contributed by atoms with van der Waals surface area (Å²) in [6.45, 7) is 8.72. The van der Waals surface area contributed by atoms with Crippen molar-refractivity contribution in [3.63, 3.8) is 0 Å². The molecular formula is C22H29N3O4S. The summed E-state index contributed by atoms with van der Waals surface area (Å²) in [6.07, 6.45) is -0.972. The van der Waals surface area contributed by atoms with E-state index in [9.17, 15) is 14.4 Å². The highest BCUT2D eigenvalue weighted by Gasteiger charge is 2.25. The molecule has 1 aromatic heterocycles. The van der Waals surface area contributed by atoms with Gasteiger partial charge in [0.15, 0.2) is 6.10 Å². The van der Waals surface area contributed by atoms with Crippen molar-refractivity contribution >= 4 is 45.5 Å². The molecule has 0 aliphatic rings. The normalized spacial score (nSPS) is 12.1. The van der Waals surface area contributed by atoms with Gasteiger partial charge < -0.3 is 20.3 Å². The molecule has 0 aliphatic carbocycles. The SMILES string of the molecule is Cc1cc(NC(=O)C(C)(C)C)sc1C(=O)O[C@H](C)C(=O)Nc1ccc(N(C)C)cc1. The fraction of sp³-hybridized carbons (Fsp3) is 0.409. The van der Waals surface area contributed by atoms with Crippen LogP contribution in [0.1, 0.15) is 42.9 Å². The lowest BCUT2D eigenvalue weighted by Gasteiger charge is -2.16. The first kappa shape index (κ1) is 23.4. The summed E-state index contributed by atoms with van der Waals surface area (Å²) in [5.41, 5.74) is 1.76. The highest BCUT2D eigenvalue weighted by molar-refractivity contribution is 7.18. The molecule has 2 N–H and O–H groups in total. The first-order valence-electron chi connectivity index (χ1n) is 9.59. The number of nitrogens with one attached hydrogen (secondary N) is 2. The molecule has 7 nitrogen and oxygen atoms in total. The number of anilines is 3. The fourth-order valence-corrected chi connectivity index (χ4v) is 3.35. The highest BCUT2D eigenvalue weighted by atomic mass is 32.1. The molecule has 0 fully saturated rings. The Hall–Kier alpha value is -2.87. The van der Waals surface area contributed by atoms with Crippen molar-refractivity contribution in [2.45, 2.75) is 40.7 Å². The van der Waals surface area contributed by atoms with E-state index in [1.54, 1.807) is 25.1 Å². The number of nitrogens with zero attached hydrogens (tertiary/aromatic N) is 1. The van der Waals surface area contributed by atoms with Gasteiger partial charge in [-0.15, -0.1) is 11.3 Å². The second-order valence-electron chi connectivity index (χ2n) is 8.31. The van der Waals surface area contributed by atoms with Gasteiger partial charge in [-0.1, -0.05) is 20.8 Å². The summed E-state index contributed by atoms with van der Waals surface area (Å²) in [4.78, 5) is 39.4. The molecule has 2 rings (SSSR count). The average Bonchev–Trinajstić information content (AvgIpc) is 3.01. The zero-order chi connectivity index (χ0) is 22.6. The molecule has 0 bridgehead atoms. The molecule has 0 unspecified atom stereocenters. The lowest BCUT2D eigenvalue weighted by atomic mass is 9.96. The van der Waals surface area contributed by atoms with Crippen LogP contribution in [0.25, 0.3) is 0 Å². The molecule has 8 heteroatoms. The maximum Gasteiger partial charge on any atom is 0.349 e. The van der Waals surface area contributed by atoms with Crippen LogP contribution in [0.2, 0.25) is 0 Å². The van der Waals surface area contributed by atoms with E-state index >= 15 is 0 Å². The molecule has 30 heavy (non-hydrogen) atoms. The monoisotopic (exact) mass is 431 g/mol. The number of aryl methyl sites for hydroxylation is 1. The van der Waals surface area contributed by atoms with Crippen LogP contribution in [0.5, 0.6) is 0 Å². The molecular weight excluding hydrogens is 402 g/mol. The molecule has 1 aromatic carbocycles. The smallest absolute Gasteiger partial charge is 0.349 e. The van der Waals surface area contributed by atoms with Gasteiger partial charge in [0.1, 0.15) is 4.88 Å². The van der Waals surface area contributed by atoms with E-state index in [4.69, 9.17) is 4.74 Å². The fourth-order valence-electron chi connectivity index (χ4n) is 2.40. The quantitative estimate of drug-likeness (QED) is 0.666. The van der Waals surface area contributed by atoms with Crippen molar-refractivity contribution < 1.29 is 19.1 Å². The second kappa shape index (κ2) is 9.30. The predicted octanol–water partition coefficient (Wildman–Crippen LogP) is 4.29. The summed E-state index contributed by atoms with van der Waals surface area (Å²) in [6, 6.07) is 9.07. The van der Waals surface area contributed by atoms with Crippen molar-refractivity contribution in [3.05, 3.63) is 40.8 Å². The van der Waals surface area contributed by atoms with Crippen LogP contribution in [-0.2, 0) is 14.3 Å². The van der Waals surface area contributed by atoms with Crippen LogP contribution in [0.4, 0.5) is 16.4 Å². The minimum absolute atomic E-state index is 0.142. The van der Waals surface area contributed by atoms with E-state index in [2.05, 4.69) is 10.6 Å². The van der Waals surface area contributed by atoms with Crippen molar-refractivity contribution in [1.29, 1.82) is 0 Å². The molecule has 162 valence electrons. The Morgan fingerprint density at radius 3 is 2.20 bits per heavy atom. The molecule has 2 aromatic rings. The molecule has 0 spiro atoms. The summed E-state index contributed by atoms with van der Waals surface area (Å²) >= 11 is 1.13. The summed E-state index contributed by atoms with van der Waals surface area (Å²) in [5, 5.41) is 6.11. The van der Waals surface area contributed by atoms with E-state index in [1.807, 2.05) is 51.9 Å². The second-order valence-corrected chi connectivity index (χ2v) is 9.36. The molecule has 1 heterocycles. The number of carbonyl (C=O) groups excluding carboxylic acids is 3. The number of esters is 1. The van der Waals surface area contributed by atoms with E-state index in [0.29, 0.717) is 21.1 Å². The lowest BCUT2D eigenvalue weighted by molar-refractivity contribution is -0.124. The lowest BCUT2D eigenvalue weighted by Crippen LogP contribution is -2.30. The molecule has 1 atom stereocenters. The van der Waals surface area contributed by atoms with Gasteiger partial charge in [0.05, 0.1) is 5.00 Å². The van der Waals surface area contributed by atoms with E-state index in [0.717, 1.165) is 17.0 Å². The Labute approximate surface area is 181 Å². The van der Waals surface area contributed by atoms with Crippen molar-refractivity contribution in [2.75, 3.05) is 29.6 Å². The summed E-state index contributed by atoms with van der Waals surface area (Å²) in [7, 11) is 3.86. The summed E-state index contributed by atoms with van der Waals surface area (Å²) in [5.74, 6) is -1.16. The largest absolute Gasteiger partial charge is 0.448 e. The maximum atomic E-state index is 12.5. The summed E-state index contributed by atoms with van der Waals surface area (Å²) < 4.78 is 5.34. The van der Waals surface area contributed by atoms with Crippen LogP contribution in [0, 0.1) is 12.3 Å². The van der Waals surface area contributed by atoms with Crippen LogP contribution in [0.3, 0.4) is 0 Å². The standard InChI is InChI=1S/C22H29N3O4S/c1-13-12-17(24-21(28)22(3,4)5)30-18(13)20(27)29-14(2)19(26)23-15-8-10-16(11-9-15)25(6)7/h8-12,14H,1-7H3,(H,23,26)(H,24,28)/t14-/m1/s1. The number of thiophene rings is 1. The van der Waals surface area contributed by atoms with Gasteiger partial charge in [-0.05, 0) is 49.7 Å². The van der Waals surface area contributed by atoms with Crippen LogP contribution in [-0.4, -0.2) is 38.0 Å². The third-order valence-corrected chi connectivity index (χ3v) is 5.46. The molecule has 0 aliphatic heterocycles. The molecule has 2 amide bonds. The predicted molar refractivity (Wildman–Crippen MR) is 121 cm³/mol. The van der Waals surface area contributed by atoms with E-state index in [-0.39, 0.29) is 5.91 Å². The maximum absolute atomic E-state index is 12.5. The number of amides is 2. The number of benzene rings is 1. The van der Waals surface area contributed by atoms with E-state index in [1.165, 1.54) is 6.92 Å². The van der Waals surface area contributed by atoms with Crippen LogP contribution >= 0.6 is 11.3 Å². The first-order chi connectivity index (χ1) is 13.9. The molecule has 0 saturated heterocycles. The zero-order valence-electron chi connectivity index (χ0n) is 18.5. The van der Waals surface area contributed by atoms with Crippen molar-refractivity contribution in [3.8, 4) is 0 Å². The Kier molecular flexibility index (Phi) is 7.25. The van der Waals surface area contributed by atoms with Crippen molar-refractivity contribution in [1.82, 2.24) is 0 Å². The highest BCUT2D eigenvalue weighted by Crippen LogP contribution is 2.29. The third kappa shape index (κ3) is 6.06. The third-order valence-electron chi connectivity index (χ3n) is 4.33. The number of ether oxygens (including phenoxy) is 1. The Bertz CT molecular complexity index is 927. The number of rotatable bonds is 6. The Balaban J connectivity index is 1.99.